The minimum Gasteiger partial charge on any atom is -0.346 e. The maximum Gasteiger partial charge on any atom is 0.265 e. The lowest BCUT2D eigenvalue weighted by atomic mass is 10.3. The summed E-state index contributed by atoms with van der Waals surface area (Å²) in [5.41, 5.74) is 3.56. The lowest BCUT2D eigenvalue weighted by Gasteiger charge is -2.01. The van der Waals surface area contributed by atoms with Gasteiger partial charge in [-0.25, -0.2) is 4.98 Å². The number of rotatable bonds is 4. The molecule has 0 unspecified atom stereocenters. The number of imidazole rings is 1. The fourth-order valence-corrected chi connectivity index (χ4v) is 2.81. The van der Waals surface area contributed by atoms with Crippen LogP contribution in [0.5, 0.6) is 0 Å². The van der Waals surface area contributed by atoms with Crippen LogP contribution in [0.15, 0.2) is 24.4 Å². The standard InChI is InChI=1S/C14H15N5OS/c1-3-11-13(21-18-17-11)14(20)15-7-10-8-19-9(2)5-4-6-12(19)16-10/h4-6,8H,3,7H2,1-2H3,(H,15,20). The molecule has 3 aromatic rings. The number of amides is 1. The minimum absolute atomic E-state index is 0.143. The van der Waals surface area contributed by atoms with Gasteiger partial charge in [0, 0.05) is 11.9 Å². The molecule has 0 aliphatic carbocycles. The Balaban J connectivity index is 1.74. The Morgan fingerprint density at radius 2 is 2.29 bits per heavy atom. The van der Waals surface area contributed by atoms with Crippen molar-refractivity contribution >= 4 is 23.1 Å². The molecule has 108 valence electrons. The van der Waals surface area contributed by atoms with Crippen LogP contribution in [0.1, 0.15) is 33.7 Å². The summed E-state index contributed by atoms with van der Waals surface area (Å²) in [5, 5.41) is 6.82. The zero-order valence-corrected chi connectivity index (χ0v) is 12.6. The average Bonchev–Trinajstić information content (AvgIpc) is 3.11. The van der Waals surface area contributed by atoms with Crippen LogP contribution in [-0.4, -0.2) is 24.9 Å². The molecule has 1 amide bonds. The Bertz CT molecular complexity index is 792. The molecule has 0 fully saturated rings. The second-order valence-electron chi connectivity index (χ2n) is 4.71. The molecule has 3 aromatic heterocycles. The van der Waals surface area contributed by atoms with Crippen molar-refractivity contribution in [2.45, 2.75) is 26.8 Å². The molecule has 0 atom stereocenters. The average molecular weight is 301 g/mol. The lowest BCUT2D eigenvalue weighted by molar-refractivity contribution is 0.0953. The third kappa shape index (κ3) is 2.64. The number of nitrogens with zero attached hydrogens (tertiary/aromatic N) is 4. The van der Waals surface area contributed by atoms with E-state index in [0.29, 0.717) is 17.8 Å². The molecule has 7 heteroatoms. The van der Waals surface area contributed by atoms with Gasteiger partial charge in [-0.2, -0.15) is 0 Å². The molecule has 0 aromatic carbocycles. The third-order valence-corrected chi connectivity index (χ3v) is 4.04. The van der Waals surface area contributed by atoms with Crippen molar-refractivity contribution in [1.29, 1.82) is 0 Å². The first kappa shape index (κ1) is 13.7. The van der Waals surface area contributed by atoms with Gasteiger partial charge >= 0.3 is 0 Å². The highest BCUT2D eigenvalue weighted by atomic mass is 32.1. The van der Waals surface area contributed by atoms with Crippen LogP contribution in [0.4, 0.5) is 0 Å². The van der Waals surface area contributed by atoms with E-state index in [0.717, 1.165) is 34.3 Å². The normalized spacial score (nSPS) is 11.0. The molecule has 6 nitrogen and oxygen atoms in total. The third-order valence-electron chi connectivity index (χ3n) is 3.27. The summed E-state index contributed by atoms with van der Waals surface area (Å²) in [7, 11) is 0. The van der Waals surface area contributed by atoms with Gasteiger partial charge in [-0.05, 0) is 37.0 Å². The molecule has 21 heavy (non-hydrogen) atoms. The summed E-state index contributed by atoms with van der Waals surface area (Å²) >= 11 is 1.13. The van der Waals surface area contributed by atoms with Crippen LogP contribution in [0.3, 0.4) is 0 Å². The summed E-state index contributed by atoms with van der Waals surface area (Å²) in [6.45, 7) is 4.37. The summed E-state index contributed by atoms with van der Waals surface area (Å²) < 4.78 is 5.83. The fraction of sp³-hybridized carbons (Fsp3) is 0.286. The fourth-order valence-electron chi connectivity index (χ4n) is 2.15. The predicted molar refractivity (Wildman–Crippen MR) is 80.4 cm³/mol. The number of carbonyl (C=O) groups is 1. The van der Waals surface area contributed by atoms with Gasteiger partial charge in [0.15, 0.2) is 0 Å². The molecule has 1 N–H and O–H groups in total. The van der Waals surface area contributed by atoms with Gasteiger partial charge in [-0.1, -0.05) is 17.5 Å². The molecule has 0 aliphatic heterocycles. The molecular formula is C14H15N5OS. The molecule has 0 aliphatic rings. The monoisotopic (exact) mass is 301 g/mol. The van der Waals surface area contributed by atoms with Crippen LogP contribution in [0.25, 0.3) is 5.65 Å². The van der Waals surface area contributed by atoms with Gasteiger partial charge in [-0.15, -0.1) is 5.10 Å². The SMILES string of the molecule is CCc1nnsc1C(=O)NCc1cn2c(C)cccc2n1. The summed E-state index contributed by atoms with van der Waals surface area (Å²) in [6.07, 6.45) is 2.64. The molecule has 0 radical (unpaired) electrons. The van der Waals surface area contributed by atoms with Crippen molar-refractivity contribution in [1.82, 2.24) is 24.3 Å². The number of nitrogens with one attached hydrogen (secondary N) is 1. The highest BCUT2D eigenvalue weighted by Gasteiger charge is 2.15. The van der Waals surface area contributed by atoms with Crippen LogP contribution in [0.2, 0.25) is 0 Å². The molecule has 0 saturated heterocycles. The van der Waals surface area contributed by atoms with E-state index in [4.69, 9.17) is 0 Å². The first-order valence-electron chi connectivity index (χ1n) is 6.72. The van der Waals surface area contributed by atoms with Gasteiger partial charge in [0.05, 0.1) is 17.9 Å². The predicted octanol–water partition coefficient (Wildman–Crippen LogP) is 1.99. The van der Waals surface area contributed by atoms with Gasteiger partial charge in [-0.3, -0.25) is 4.79 Å². The van der Waals surface area contributed by atoms with Crippen molar-refractivity contribution in [3.05, 3.63) is 46.4 Å². The van der Waals surface area contributed by atoms with Crippen LogP contribution < -0.4 is 5.32 Å². The Morgan fingerprint density at radius 1 is 1.43 bits per heavy atom. The van der Waals surface area contributed by atoms with E-state index in [1.54, 1.807) is 0 Å². The first-order chi connectivity index (χ1) is 10.2. The van der Waals surface area contributed by atoms with Crippen LogP contribution in [0, 0.1) is 6.92 Å². The molecular weight excluding hydrogens is 286 g/mol. The summed E-state index contributed by atoms with van der Waals surface area (Å²) in [6, 6.07) is 5.94. The summed E-state index contributed by atoms with van der Waals surface area (Å²) in [4.78, 5) is 17.2. The van der Waals surface area contributed by atoms with Gasteiger partial charge in [0.2, 0.25) is 0 Å². The van der Waals surface area contributed by atoms with Crippen molar-refractivity contribution in [2.75, 3.05) is 0 Å². The van der Waals surface area contributed by atoms with Crippen LogP contribution in [-0.2, 0) is 13.0 Å². The Kier molecular flexibility index (Phi) is 3.66. The molecule has 0 saturated carbocycles. The van der Waals surface area contributed by atoms with Gasteiger partial charge in [0.25, 0.3) is 5.91 Å². The number of aryl methyl sites for hydroxylation is 2. The Morgan fingerprint density at radius 3 is 3.05 bits per heavy atom. The zero-order chi connectivity index (χ0) is 14.8. The molecule has 0 bridgehead atoms. The smallest absolute Gasteiger partial charge is 0.265 e. The lowest BCUT2D eigenvalue weighted by Crippen LogP contribution is -2.23. The van der Waals surface area contributed by atoms with E-state index in [1.165, 1.54) is 0 Å². The molecule has 3 heterocycles. The topological polar surface area (TPSA) is 72.2 Å². The number of aromatic nitrogens is 4. The highest BCUT2D eigenvalue weighted by molar-refractivity contribution is 7.08. The number of hydrogen-bond donors (Lipinski definition) is 1. The second kappa shape index (κ2) is 5.61. The van der Waals surface area contributed by atoms with Crippen molar-refractivity contribution in [2.24, 2.45) is 0 Å². The minimum atomic E-state index is -0.143. The second-order valence-corrected chi connectivity index (χ2v) is 5.47. The highest BCUT2D eigenvalue weighted by Crippen LogP contribution is 2.12. The number of pyridine rings is 1. The maximum atomic E-state index is 12.1. The van der Waals surface area contributed by atoms with E-state index in [1.807, 2.05) is 42.6 Å². The van der Waals surface area contributed by atoms with Gasteiger partial charge < -0.3 is 9.72 Å². The molecule has 0 spiro atoms. The van der Waals surface area contributed by atoms with E-state index < -0.39 is 0 Å². The largest absolute Gasteiger partial charge is 0.346 e. The number of fused-ring (bicyclic) bond motifs is 1. The number of hydrogen-bond acceptors (Lipinski definition) is 5. The summed E-state index contributed by atoms with van der Waals surface area (Å²) in [5.74, 6) is -0.143. The van der Waals surface area contributed by atoms with Crippen molar-refractivity contribution in [3.8, 4) is 0 Å². The van der Waals surface area contributed by atoms with E-state index in [-0.39, 0.29) is 5.91 Å². The first-order valence-corrected chi connectivity index (χ1v) is 7.49. The van der Waals surface area contributed by atoms with Crippen molar-refractivity contribution < 1.29 is 4.79 Å². The Hall–Kier alpha value is -2.28. The number of carbonyl (C=O) groups excluding carboxylic acids is 1. The maximum absolute atomic E-state index is 12.1. The van der Waals surface area contributed by atoms with Crippen molar-refractivity contribution in [3.63, 3.8) is 0 Å². The van der Waals surface area contributed by atoms with E-state index in [2.05, 4.69) is 19.9 Å². The Labute approximate surface area is 126 Å². The van der Waals surface area contributed by atoms with Crippen LogP contribution >= 0.6 is 11.5 Å². The molecule has 3 rings (SSSR count). The van der Waals surface area contributed by atoms with E-state index in [9.17, 15) is 4.79 Å². The quantitative estimate of drug-likeness (QED) is 0.800. The zero-order valence-electron chi connectivity index (χ0n) is 11.8. The van der Waals surface area contributed by atoms with E-state index >= 15 is 0 Å². The van der Waals surface area contributed by atoms with Gasteiger partial charge in [0.1, 0.15) is 10.5 Å².